The van der Waals surface area contributed by atoms with Crippen molar-refractivity contribution in [2.45, 2.75) is 82.3 Å². The predicted octanol–water partition coefficient (Wildman–Crippen LogP) is 5.95. The lowest BCUT2D eigenvalue weighted by molar-refractivity contribution is -0.0191. The molecule has 1 aliphatic carbocycles. The molecule has 2 fully saturated rings. The average molecular weight is 386 g/mol. The summed E-state index contributed by atoms with van der Waals surface area (Å²) in [4.78, 5) is 2.74. The van der Waals surface area contributed by atoms with Crippen LogP contribution in [0.2, 0.25) is 0 Å². The van der Waals surface area contributed by atoms with Gasteiger partial charge in [0.25, 0.3) is 0 Å². The maximum atomic E-state index is 6.31. The van der Waals surface area contributed by atoms with E-state index in [9.17, 15) is 0 Å². The smallest absolute Gasteiger partial charge is 0.122 e. The molecule has 3 nitrogen and oxygen atoms in total. The molecule has 1 aromatic rings. The van der Waals surface area contributed by atoms with Crippen molar-refractivity contribution < 1.29 is 9.47 Å². The van der Waals surface area contributed by atoms with Crippen LogP contribution in [0.5, 0.6) is 5.75 Å². The second-order valence-corrected chi connectivity index (χ2v) is 8.50. The topological polar surface area (TPSA) is 21.7 Å². The van der Waals surface area contributed by atoms with E-state index < -0.39 is 0 Å². The van der Waals surface area contributed by atoms with E-state index in [-0.39, 0.29) is 6.10 Å². The van der Waals surface area contributed by atoms with E-state index in [0.717, 1.165) is 24.8 Å². The van der Waals surface area contributed by atoms with E-state index in [1.165, 1.54) is 69.9 Å². The SMILES string of the molecule is C=CCOC1CN(C2CCCCCCCCC2)CCC1c1ccccc1OC. The minimum atomic E-state index is 0.207. The van der Waals surface area contributed by atoms with Crippen molar-refractivity contribution >= 4 is 0 Å². The summed E-state index contributed by atoms with van der Waals surface area (Å²) in [6, 6.07) is 9.19. The molecular weight excluding hydrogens is 346 g/mol. The number of rotatable bonds is 6. The largest absolute Gasteiger partial charge is 0.496 e. The van der Waals surface area contributed by atoms with Crippen molar-refractivity contribution in [3.05, 3.63) is 42.5 Å². The summed E-state index contributed by atoms with van der Waals surface area (Å²) in [5.74, 6) is 1.39. The first kappa shape index (κ1) is 21.4. The van der Waals surface area contributed by atoms with Gasteiger partial charge in [-0.15, -0.1) is 6.58 Å². The number of benzene rings is 1. The second-order valence-electron chi connectivity index (χ2n) is 8.50. The Balaban J connectivity index is 1.70. The lowest BCUT2D eigenvalue weighted by atomic mass is 9.84. The van der Waals surface area contributed by atoms with Crippen molar-refractivity contribution in [1.29, 1.82) is 0 Å². The van der Waals surface area contributed by atoms with Gasteiger partial charge in [-0.25, -0.2) is 0 Å². The highest BCUT2D eigenvalue weighted by molar-refractivity contribution is 5.37. The number of para-hydroxylation sites is 1. The molecule has 0 amide bonds. The third-order valence-corrected chi connectivity index (χ3v) is 6.65. The fraction of sp³-hybridized carbons (Fsp3) is 0.680. The minimum absolute atomic E-state index is 0.207. The fourth-order valence-corrected chi connectivity index (χ4v) is 5.11. The summed E-state index contributed by atoms with van der Waals surface area (Å²) in [6.07, 6.45) is 15.8. The van der Waals surface area contributed by atoms with Gasteiger partial charge in [0.2, 0.25) is 0 Å². The van der Waals surface area contributed by atoms with Crippen LogP contribution in [-0.4, -0.2) is 43.9 Å². The normalized spacial score (nSPS) is 25.9. The zero-order valence-corrected chi connectivity index (χ0v) is 17.8. The Morgan fingerprint density at radius 2 is 1.68 bits per heavy atom. The van der Waals surface area contributed by atoms with Crippen molar-refractivity contribution in [1.82, 2.24) is 4.90 Å². The highest BCUT2D eigenvalue weighted by Crippen LogP contribution is 2.37. The number of hydrogen-bond donors (Lipinski definition) is 0. The average Bonchev–Trinajstić information content (AvgIpc) is 2.75. The highest BCUT2D eigenvalue weighted by Gasteiger charge is 2.35. The van der Waals surface area contributed by atoms with Crippen molar-refractivity contribution in [3.63, 3.8) is 0 Å². The van der Waals surface area contributed by atoms with Gasteiger partial charge in [-0.3, -0.25) is 4.90 Å². The first-order chi connectivity index (χ1) is 13.8. The molecule has 0 N–H and O–H groups in total. The molecule has 3 heteroatoms. The number of nitrogens with zero attached hydrogens (tertiary/aromatic N) is 1. The molecule has 0 radical (unpaired) electrons. The minimum Gasteiger partial charge on any atom is -0.496 e. The summed E-state index contributed by atoms with van der Waals surface area (Å²) in [6.45, 7) is 6.68. The molecule has 3 rings (SSSR count). The van der Waals surface area contributed by atoms with Crippen LogP contribution in [-0.2, 0) is 4.74 Å². The molecule has 1 aliphatic heterocycles. The lowest BCUT2D eigenvalue weighted by Gasteiger charge is -2.43. The Bertz CT molecular complexity index is 578. The van der Waals surface area contributed by atoms with E-state index in [1.807, 2.05) is 6.08 Å². The summed E-state index contributed by atoms with van der Waals surface area (Å²) in [7, 11) is 1.77. The first-order valence-corrected chi connectivity index (χ1v) is 11.4. The van der Waals surface area contributed by atoms with Crippen LogP contribution in [0, 0.1) is 0 Å². The number of hydrogen-bond acceptors (Lipinski definition) is 3. The third-order valence-electron chi connectivity index (χ3n) is 6.65. The molecule has 0 aromatic heterocycles. The van der Waals surface area contributed by atoms with Crippen molar-refractivity contribution in [2.75, 3.05) is 26.8 Å². The summed E-state index contributed by atoms with van der Waals surface area (Å²) < 4.78 is 12.0. The monoisotopic (exact) mass is 385 g/mol. The van der Waals surface area contributed by atoms with Crippen LogP contribution in [0.1, 0.15) is 75.7 Å². The van der Waals surface area contributed by atoms with E-state index in [0.29, 0.717) is 12.5 Å². The van der Waals surface area contributed by atoms with Crippen LogP contribution in [0.3, 0.4) is 0 Å². The van der Waals surface area contributed by atoms with Gasteiger partial charge in [0.05, 0.1) is 19.8 Å². The van der Waals surface area contributed by atoms with Gasteiger partial charge in [-0.2, -0.15) is 0 Å². The van der Waals surface area contributed by atoms with Gasteiger partial charge in [-0.05, 0) is 37.4 Å². The Kier molecular flexibility index (Phi) is 8.88. The molecular formula is C25H39NO2. The van der Waals surface area contributed by atoms with Crippen molar-refractivity contribution in [2.24, 2.45) is 0 Å². The molecule has 0 spiro atoms. The molecule has 1 saturated carbocycles. The van der Waals surface area contributed by atoms with E-state index in [2.05, 4.69) is 35.7 Å². The molecule has 1 saturated heterocycles. The quantitative estimate of drug-likeness (QED) is 0.565. The number of methoxy groups -OCH3 is 1. The number of likely N-dealkylation sites (tertiary alicyclic amines) is 1. The van der Waals surface area contributed by atoms with Gasteiger partial charge in [0, 0.05) is 18.5 Å². The summed E-state index contributed by atoms with van der Waals surface area (Å²) in [5, 5.41) is 0. The van der Waals surface area contributed by atoms with Crippen LogP contribution in [0.15, 0.2) is 36.9 Å². The van der Waals surface area contributed by atoms with Crippen molar-refractivity contribution in [3.8, 4) is 5.75 Å². The molecule has 28 heavy (non-hydrogen) atoms. The molecule has 0 bridgehead atoms. The Morgan fingerprint density at radius 3 is 2.36 bits per heavy atom. The second kappa shape index (κ2) is 11.6. The van der Waals surface area contributed by atoms with Gasteiger partial charge in [0.15, 0.2) is 0 Å². The van der Waals surface area contributed by atoms with Gasteiger partial charge in [0.1, 0.15) is 5.75 Å². The third kappa shape index (κ3) is 5.84. The Morgan fingerprint density at radius 1 is 1.00 bits per heavy atom. The fourth-order valence-electron chi connectivity index (χ4n) is 5.11. The Labute approximate surface area is 172 Å². The lowest BCUT2D eigenvalue weighted by Crippen LogP contribution is -2.48. The van der Waals surface area contributed by atoms with Crippen LogP contribution < -0.4 is 4.74 Å². The molecule has 2 atom stereocenters. The zero-order valence-electron chi connectivity index (χ0n) is 17.8. The molecule has 156 valence electrons. The van der Waals surface area contributed by atoms with Gasteiger partial charge in [-0.1, -0.05) is 69.2 Å². The Hall–Kier alpha value is -1.32. The van der Waals surface area contributed by atoms with Crippen LogP contribution in [0.25, 0.3) is 0 Å². The molecule has 1 aromatic carbocycles. The molecule has 1 heterocycles. The molecule has 2 aliphatic rings. The highest BCUT2D eigenvalue weighted by atomic mass is 16.5. The number of ether oxygens (including phenoxy) is 2. The van der Waals surface area contributed by atoms with E-state index in [4.69, 9.17) is 9.47 Å². The van der Waals surface area contributed by atoms with E-state index >= 15 is 0 Å². The summed E-state index contributed by atoms with van der Waals surface area (Å²) in [5.41, 5.74) is 1.30. The van der Waals surface area contributed by atoms with Gasteiger partial charge >= 0.3 is 0 Å². The van der Waals surface area contributed by atoms with E-state index in [1.54, 1.807) is 7.11 Å². The first-order valence-electron chi connectivity index (χ1n) is 11.4. The maximum Gasteiger partial charge on any atom is 0.122 e. The van der Waals surface area contributed by atoms with Crippen LogP contribution >= 0.6 is 0 Å². The maximum absolute atomic E-state index is 6.31. The molecule has 2 unspecified atom stereocenters. The number of piperidine rings is 1. The van der Waals surface area contributed by atoms with Gasteiger partial charge < -0.3 is 9.47 Å². The standard InChI is InChI=1S/C25H39NO2/c1-3-19-28-25-20-26(21-13-9-7-5-4-6-8-10-14-21)18-17-23(25)22-15-11-12-16-24(22)27-2/h3,11-12,15-16,21,23,25H,1,4-10,13-14,17-20H2,2H3. The summed E-state index contributed by atoms with van der Waals surface area (Å²) >= 11 is 0. The zero-order chi connectivity index (χ0) is 19.6. The predicted molar refractivity (Wildman–Crippen MR) is 117 cm³/mol. The van der Waals surface area contributed by atoms with Crippen LogP contribution in [0.4, 0.5) is 0 Å².